The van der Waals surface area contributed by atoms with Gasteiger partial charge in [-0.15, -0.1) is 0 Å². The van der Waals surface area contributed by atoms with Crippen molar-refractivity contribution in [3.05, 3.63) is 95.8 Å². The van der Waals surface area contributed by atoms with Gasteiger partial charge in [0.1, 0.15) is 0 Å². The Bertz CT molecular complexity index is 1140. The monoisotopic (exact) mass is 437 g/mol. The summed E-state index contributed by atoms with van der Waals surface area (Å²) in [5.41, 5.74) is 1.42. The van der Waals surface area contributed by atoms with Crippen LogP contribution >= 0.6 is 0 Å². The molecule has 0 aliphatic rings. The average Bonchev–Trinajstić information content (AvgIpc) is 2.79. The Balaban J connectivity index is 1.78. The van der Waals surface area contributed by atoms with E-state index in [1.54, 1.807) is 6.07 Å². The number of pyridine rings is 1. The molecule has 3 rings (SSSR count). The van der Waals surface area contributed by atoms with Gasteiger partial charge in [-0.05, 0) is 49.1 Å². The topological polar surface area (TPSA) is 101 Å². The highest BCUT2D eigenvalue weighted by Crippen LogP contribution is 2.24. The number of aliphatic carboxylic acids is 1. The normalized spacial score (nSPS) is 12.3. The van der Waals surface area contributed by atoms with Crippen molar-refractivity contribution in [1.29, 1.82) is 0 Å². The molecule has 0 bridgehead atoms. The third-order valence-corrected chi connectivity index (χ3v) is 6.91. The summed E-state index contributed by atoms with van der Waals surface area (Å²) in [5, 5.41) is 9.60. The molecule has 1 unspecified atom stereocenters. The maximum atomic E-state index is 13.1. The molecule has 0 saturated heterocycles. The van der Waals surface area contributed by atoms with E-state index in [0.29, 0.717) is 18.4 Å². The van der Waals surface area contributed by atoms with Gasteiger partial charge in [0, 0.05) is 23.5 Å². The SMILES string of the molecule is O=C(c1ccncc1)c1ccccc1S(=O)(=O)CC(CCCc1ccccc1)C(=O)O. The molecule has 0 fully saturated rings. The summed E-state index contributed by atoms with van der Waals surface area (Å²) in [6.45, 7) is 0. The summed E-state index contributed by atoms with van der Waals surface area (Å²) in [5.74, 6) is -3.22. The minimum Gasteiger partial charge on any atom is -0.481 e. The van der Waals surface area contributed by atoms with Crippen LogP contribution in [0.15, 0.2) is 84.0 Å². The lowest BCUT2D eigenvalue weighted by Gasteiger charge is -2.15. The van der Waals surface area contributed by atoms with Crippen LogP contribution in [0.5, 0.6) is 0 Å². The van der Waals surface area contributed by atoms with Gasteiger partial charge in [0.05, 0.1) is 16.6 Å². The Labute approximate surface area is 181 Å². The number of nitrogens with zero attached hydrogens (tertiary/aromatic N) is 1. The lowest BCUT2D eigenvalue weighted by Crippen LogP contribution is -2.25. The quantitative estimate of drug-likeness (QED) is 0.484. The van der Waals surface area contributed by atoms with Crippen LogP contribution in [0.1, 0.15) is 34.3 Å². The summed E-state index contributed by atoms with van der Waals surface area (Å²) in [7, 11) is -4.00. The van der Waals surface area contributed by atoms with Gasteiger partial charge in [-0.3, -0.25) is 14.6 Å². The number of hydrogen-bond acceptors (Lipinski definition) is 5. The van der Waals surface area contributed by atoms with Crippen LogP contribution in [0.25, 0.3) is 0 Å². The smallest absolute Gasteiger partial charge is 0.307 e. The number of rotatable bonds is 10. The molecule has 2 aromatic carbocycles. The van der Waals surface area contributed by atoms with Crippen molar-refractivity contribution in [2.45, 2.75) is 24.2 Å². The van der Waals surface area contributed by atoms with Gasteiger partial charge in [-0.2, -0.15) is 0 Å². The van der Waals surface area contributed by atoms with Crippen LogP contribution in [0.2, 0.25) is 0 Å². The third kappa shape index (κ3) is 5.86. The van der Waals surface area contributed by atoms with E-state index < -0.39 is 33.3 Å². The second-order valence-corrected chi connectivity index (χ2v) is 9.26. The van der Waals surface area contributed by atoms with Gasteiger partial charge in [0.2, 0.25) is 0 Å². The van der Waals surface area contributed by atoms with E-state index in [-0.39, 0.29) is 16.9 Å². The maximum Gasteiger partial charge on any atom is 0.307 e. The number of carboxylic acids is 1. The zero-order chi connectivity index (χ0) is 22.3. The summed E-state index contributed by atoms with van der Waals surface area (Å²) in [6.07, 6.45) is 4.36. The average molecular weight is 438 g/mol. The van der Waals surface area contributed by atoms with E-state index in [2.05, 4.69) is 4.98 Å². The Morgan fingerprint density at radius 2 is 1.55 bits per heavy atom. The molecule has 6 nitrogen and oxygen atoms in total. The first-order valence-corrected chi connectivity index (χ1v) is 11.6. The van der Waals surface area contributed by atoms with E-state index in [4.69, 9.17) is 0 Å². The second-order valence-electron chi connectivity index (χ2n) is 7.26. The van der Waals surface area contributed by atoms with Gasteiger partial charge < -0.3 is 5.11 Å². The zero-order valence-corrected chi connectivity index (χ0v) is 17.7. The maximum absolute atomic E-state index is 13.1. The number of ketones is 1. The molecular formula is C24H23NO5S. The van der Waals surface area contributed by atoms with E-state index in [1.165, 1.54) is 42.7 Å². The Morgan fingerprint density at radius 1 is 0.903 bits per heavy atom. The van der Waals surface area contributed by atoms with Gasteiger partial charge in [-0.25, -0.2) is 8.42 Å². The largest absolute Gasteiger partial charge is 0.481 e. The van der Waals surface area contributed by atoms with Crippen molar-refractivity contribution in [3.8, 4) is 0 Å². The van der Waals surface area contributed by atoms with Crippen molar-refractivity contribution in [3.63, 3.8) is 0 Å². The molecule has 7 heteroatoms. The van der Waals surface area contributed by atoms with Crippen LogP contribution in [0.4, 0.5) is 0 Å². The van der Waals surface area contributed by atoms with Gasteiger partial charge in [0.25, 0.3) is 0 Å². The molecule has 1 aromatic heterocycles. The Hall–Kier alpha value is -3.32. The highest BCUT2D eigenvalue weighted by molar-refractivity contribution is 7.91. The molecule has 0 amide bonds. The first kappa shape index (κ1) is 22.4. The Morgan fingerprint density at radius 3 is 2.23 bits per heavy atom. The van der Waals surface area contributed by atoms with Gasteiger partial charge in [0.15, 0.2) is 15.6 Å². The molecule has 1 N–H and O–H groups in total. The number of carboxylic acid groups (broad SMARTS) is 1. The molecule has 0 radical (unpaired) electrons. The van der Waals surface area contributed by atoms with Crippen LogP contribution in [-0.4, -0.2) is 36.0 Å². The predicted octanol–water partition coefficient (Wildman–Crippen LogP) is 3.81. The highest BCUT2D eigenvalue weighted by atomic mass is 32.2. The molecule has 0 saturated carbocycles. The molecule has 3 aromatic rings. The number of carbonyl (C=O) groups excluding carboxylic acids is 1. The second kappa shape index (κ2) is 10.1. The van der Waals surface area contributed by atoms with Crippen molar-refractivity contribution < 1.29 is 23.1 Å². The molecule has 31 heavy (non-hydrogen) atoms. The molecule has 0 aliphatic heterocycles. The van der Waals surface area contributed by atoms with Crippen LogP contribution in [0, 0.1) is 5.92 Å². The number of carbonyl (C=O) groups is 2. The fraction of sp³-hybridized carbons (Fsp3) is 0.208. The number of aryl methyl sites for hydroxylation is 1. The summed E-state index contributed by atoms with van der Waals surface area (Å²) >= 11 is 0. The molecule has 1 heterocycles. The number of aromatic nitrogens is 1. The summed E-state index contributed by atoms with van der Waals surface area (Å²) < 4.78 is 26.2. The lowest BCUT2D eigenvalue weighted by atomic mass is 10.0. The van der Waals surface area contributed by atoms with Crippen LogP contribution in [-0.2, 0) is 21.1 Å². The highest BCUT2D eigenvalue weighted by Gasteiger charge is 2.29. The fourth-order valence-corrected chi connectivity index (χ4v) is 5.21. The Kier molecular flexibility index (Phi) is 7.31. The molecule has 160 valence electrons. The minimum atomic E-state index is -4.00. The van der Waals surface area contributed by atoms with Crippen LogP contribution < -0.4 is 0 Å². The standard InChI is InChI=1S/C24H23NO5S/c26-23(19-13-15-25-16-14-19)21-11-4-5-12-22(21)31(29,30)17-20(24(27)28)10-6-9-18-7-2-1-3-8-18/h1-5,7-8,11-16,20H,6,9-10,17H2,(H,27,28). The predicted molar refractivity (Wildman–Crippen MR) is 117 cm³/mol. The minimum absolute atomic E-state index is 0.0297. The van der Waals surface area contributed by atoms with E-state index in [1.807, 2.05) is 30.3 Å². The van der Waals surface area contributed by atoms with Crippen molar-refractivity contribution in [1.82, 2.24) is 4.98 Å². The van der Waals surface area contributed by atoms with Crippen molar-refractivity contribution in [2.75, 3.05) is 5.75 Å². The number of sulfone groups is 1. The fourth-order valence-electron chi connectivity index (χ4n) is 3.41. The van der Waals surface area contributed by atoms with Gasteiger partial charge >= 0.3 is 5.97 Å². The third-order valence-electron chi connectivity index (χ3n) is 5.04. The van der Waals surface area contributed by atoms with Crippen molar-refractivity contribution in [2.24, 2.45) is 5.92 Å². The molecule has 1 atom stereocenters. The van der Waals surface area contributed by atoms with Crippen LogP contribution in [0.3, 0.4) is 0 Å². The number of benzene rings is 2. The van der Waals surface area contributed by atoms with Crippen molar-refractivity contribution >= 4 is 21.6 Å². The van der Waals surface area contributed by atoms with Gasteiger partial charge in [-0.1, -0.05) is 42.5 Å². The molecular weight excluding hydrogens is 414 g/mol. The first-order valence-electron chi connectivity index (χ1n) is 9.92. The number of hydrogen-bond donors (Lipinski definition) is 1. The van der Waals surface area contributed by atoms with E-state index >= 15 is 0 Å². The molecule has 0 aliphatic carbocycles. The molecule has 0 spiro atoms. The van der Waals surface area contributed by atoms with E-state index in [9.17, 15) is 23.1 Å². The summed E-state index contributed by atoms with van der Waals surface area (Å²) in [4.78, 5) is 28.3. The van der Waals surface area contributed by atoms with E-state index in [0.717, 1.165) is 5.56 Å². The zero-order valence-electron chi connectivity index (χ0n) is 16.8. The first-order chi connectivity index (χ1) is 14.9. The lowest BCUT2D eigenvalue weighted by molar-refractivity contribution is -0.141. The summed E-state index contributed by atoms with van der Waals surface area (Å²) in [6, 6.07) is 18.6.